The van der Waals surface area contributed by atoms with Gasteiger partial charge in [0.2, 0.25) is 5.95 Å². The first-order valence-corrected chi connectivity index (χ1v) is 8.63. The van der Waals surface area contributed by atoms with Gasteiger partial charge in [0.15, 0.2) is 0 Å². The molecule has 1 aliphatic rings. The Hall–Kier alpha value is -2.83. The van der Waals surface area contributed by atoms with Crippen molar-refractivity contribution < 1.29 is 4.79 Å². The van der Waals surface area contributed by atoms with E-state index in [1.165, 1.54) is 34.1 Å². The van der Waals surface area contributed by atoms with Crippen LogP contribution in [0.2, 0.25) is 0 Å². The average Bonchev–Trinajstić information content (AvgIpc) is 3.13. The van der Waals surface area contributed by atoms with Gasteiger partial charge in [0, 0.05) is 31.2 Å². The van der Waals surface area contributed by atoms with E-state index in [-0.39, 0.29) is 6.03 Å². The highest BCUT2D eigenvalue weighted by atomic mass is 16.2. The van der Waals surface area contributed by atoms with Crippen molar-refractivity contribution in [2.45, 2.75) is 32.7 Å². The number of para-hydroxylation sites is 1. The molecule has 2 N–H and O–H groups in total. The molecule has 0 saturated heterocycles. The van der Waals surface area contributed by atoms with Crippen LogP contribution in [0.3, 0.4) is 0 Å². The fraction of sp³-hybridized carbons (Fsp3) is 0.389. The second kappa shape index (κ2) is 6.23. The molecule has 2 aromatic heterocycles. The Morgan fingerprint density at radius 3 is 3.04 bits per heavy atom. The van der Waals surface area contributed by atoms with Gasteiger partial charge in [-0.2, -0.15) is 0 Å². The molecule has 0 fully saturated rings. The van der Waals surface area contributed by atoms with Crippen LogP contribution in [0.15, 0.2) is 24.5 Å². The maximum atomic E-state index is 12.0. The fourth-order valence-corrected chi connectivity index (χ4v) is 3.75. The van der Waals surface area contributed by atoms with Gasteiger partial charge in [-0.25, -0.2) is 9.78 Å². The number of aromatic nitrogens is 4. The largest absolute Gasteiger partial charge is 0.344 e. The molecule has 0 atom stereocenters. The number of rotatable bonds is 4. The summed E-state index contributed by atoms with van der Waals surface area (Å²) in [5, 5.41) is 10.9. The van der Waals surface area contributed by atoms with Gasteiger partial charge >= 0.3 is 6.03 Å². The van der Waals surface area contributed by atoms with E-state index in [9.17, 15) is 4.79 Å². The highest BCUT2D eigenvalue weighted by Crippen LogP contribution is 2.32. The molecule has 0 spiro atoms. The number of nitrogens with one attached hydrogen (secondary N) is 2. The van der Waals surface area contributed by atoms with Crippen molar-refractivity contribution in [2.24, 2.45) is 7.05 Å². The predicted octanol–water partition coefficient (Wildman–Crippen LogP) is 2.39. The van der Waals surface area contributed by atoms with Gasteiger partial charge in [0.25, 0.3) is 0 Å². The summed E-state index contributed by atoms with van der Waals surface area (Å²) >= 11 is 0. The second-order valence-corrected chi connectivity index (χ2v) is 6.51. The zero-order valence-corrected chi connectivity index (χ0v) is 14.5. The highest BCUT2D eigenvalue weighted by molar-refractivity contribution is 5.89. The normalized spacial score (nSPS) is 13.2. The highest BCUT2D eigenvalue weighted by Gasteiger charge is 2.19. The molecule has 4 rings (SSSR count). The quantitative estimate of drug-likeness (QED) is 0.767. The topological polar surface area (TPSA) is 76.8 Å². The summed E-state index contributed by atoms with van der Waals surface area (Å²) in [6, 6.07) is 6.29. The molecule has 1 aromatic carbocycles. The van der Waals surface area contributed by atoms with Crippen molar-refractivity contribution >= 4 is 22.9 Å². The molecule has 3 heterocycles. The third-order valence-corrected chi connectivity index (χ3v) is 4.87. The van der Waals surface area contributed by atoms with Crippen LogP contribution in [0.4, 0.5) is 10.7 Å². The number of amides is 2. The summed E-state index contributed by atoms with van der Waals surface area (Å²) in [6.07, 6.45) is 4.70. The van der Waals surface area contributed by atoms with E-state index in [0.29, 0.717) is 12.5 Å². The Balaban J connectivity index is 1.46. The van der Waals surface area contributed by atoms with Crippen molar-refractivity contribution in [2.75, 3.05) is 11.9 Å². The molecule has 0 aliphatic carbocycles. The summed E-state index contributed by atoms with van der Waals surface area (Å²) in [5.74, 6) is 0.309. The molecular formula is C18H22N6O. The van der Waals surface area contributed by atoms with Crippen molar-refractivity contribution in [3.63, 3.8) is 0 Å². The Kier molecular flexibility index (Phi) is 3.91. The van der Waals surface area contributed by atoms with E-state index >= 15 is 0 Å². The van der Waals surface area contributed by atoms with Crippen LogP contribution in [-0.2, 0) is 26.4 Å². The molecule has 2 amide bonds. The van der Waals surface area contributed by atoms with Crippen LogP contribution < -0.4 is 10.6 Å². The minimum atomic E-state index is -0.280. The molecule has 0 saturated carbocycles. The van der Waals surface area contributed by atoms with Crippen LogP contribution in [0, 0.1) is 6.92 Å². The number of urea groups is 1. The molecule has 0 radical (unpaired) electrons. The second-order valence-electron chi connectivity index (χ2n) is 6.51. The SMILES string of the molecule is Cc1c(CCNC(=O)Nc2ncn(C)n2)c2cccc3c2n1CCC3. The standard InChI is InChI=1S/C18H22N6O/c1-12-14(8-9-19-18(25)21-17-20-11-23(2)22-17)15-7-3-5-13-6-4-10-24(12)16(13)15/h3,5,7,11H,4,6,8-10H2,1-2H3,(H2,19,21,22,25). The number of nitrogens with zero attached hydrogens (tertiary/aromatic N) is 4. The lowest BCUT2D eigenvalue weighted by atomic mass is 10.0. The maximum Gasteiger partial charge on any atom is 0.321 e. The zero-order valence-electron chi connectivity index (χ0n) is 14.5. The third kappa shape index (κ3) is 2.86. The average molecular weight is 338 g/mol. The number of carbonyl (C=O) groups excluding carboxylic acids is 1. The molecule has 25 heavy (non-hydrogen) atoms. The van der Waals surface area contributed by atoms with Gasteiger partial charge in [-0.1, -0.05) is 18.2 Å². The van der Waals surface area contributed by atoms with Crippen LogP contribution in [-0.4, -0.2) is 31.9 Å². The lowest BCUT2D eigenvalue weighted by Crippen LogP contribution is -2.31. The maximum absolute atomic E-state index is 12.0. The Morgan fingerprint density at radius 2 is 2.24 bits per heavy atom. The summed E-state index contributed by atoms with van der Waals surface area (Å²) in [7, 11) is 1.76. The van der Waals surface area contributed by atoms with Crippen molar-refractivity contribution in [3.8, 4) is 0 Å². The van der Waals surface area contributed by atoms with Crippen molar-refractivity contribution in [1.82, 2.24) is 24.6 Å². The zero-order chi connectivity index (χ0) is 17.4. The minimum Gasteiger partial charge on any atom is -0.344 e. The Labute approximate surface area is 146 Å². The van der Waals surface area contributed by atoms with Gasteiger partial charge in [-0.15, -0.1) is 5.10 Å². The number of anilines is 1. The van der Waals surface area contributed by atoms with E-state index < -0.39 is 0 Å². The molecule has 3 aromatic rings. The fourth-order valence-electron chi connectivity index (χ4n) is 3.75. The third-order valence-electron chi connectivity index (χ3n) is 4.87. The number of hydrogen-bond donors (Lipinski definition) is 2. The molecule has 7 heteroatoms. The first-order chi connectivity index (χ1) is 12.1. The van der Waals surface area contributed by atoms with Crippen LogP contribution >= 0.6 is 0 Å². The first-order valence-electron chi connectivity index (χ1n) is 8.63. The van der Waals surface area contributed by atoms with Crippen molar-refractivity contribution in [1.29, 1.82) is 0 Å². The molecule has 0 unspecified atom stereocenters. The molecule has 0 bridgehead atoms. The number of hydrogen-bond acceptors (Lipinski definition) is 3. The smallest absolute Gasteiger partial charge is 0.321 e. The lowest BCUT2D eigenvalue weighted by molar-refractivity contribution is 0.252. The van der Waals surface area contributed by atoms with E-state index in [0.717, 1.165) is 19.4 Å². The molecule has 130 valence electrons. The minimum absolute atomic E-state index is 0.280. The van der Waals surface area contributed by atoms with E-state index in [1.54, 1.807) is 18.1 Å². The summed E-state index contributed by atoms with van der Waals surface area (Å²) in [6.45, 7) is 3.84. The monoisotopic (exact) mass is 338 g/mol. The van der Waals surface area contributed by atoms with E-state index in [2.05, 4.69) is 50.4 Å². The molecular weight excluding hydrogens is 316 g/mol. The predicted molar refractivity (Wildman–Crippen MR) is 96.7 cm³/mol. The van der Waals surface area contributed by atoms with Crippen LogP contribution in [0.25, 0.3) is 10.9 Å². The Morgan fingerprint density at radius 1 is 1.36 bits per heavy atom. The van der Waals surface area contributed by atoms with Crippen molar-refractivity contribution in [3.05, 3.63) is 41.3 Å². The van der Waals surface area contributed by atoms with E-state index in [1.807, 2.05) is 0 Å². The van der Waals surface area contributed by atoms with Gasteiger partial charge in [-0.3, -0.25) is 10.00 Å². The summed E-state index contributed by atoms with van der Waals surface area (Å²) < 4.78 is 3.98. The lowest BCUT2D eigenvalue weighted by Gasteiger charge is -2.16. The first kappa shape index (κ1) is 15.7. The van der Waals surface area contributed by atoms with E-state index in [4.69, 9.17) is 0 Å². The van der Waals surface area contributed by atoms with Gasteiger partial charge in [0.05, 0.1) is 5.52 Å². The summed E-state index contributed by atoms with van der Waals surface area (Å²) in [4.78, 5) is 16.0. The number of benzene rings is 1. The molecule has 1 aliphatic heterocycles. The number of carbonyl (C=O) groups is 1. The van der Waals surface area contributed by atoms with Crippen LogP contribution in [0.5, 0.6) is 0 Å². The Bertz CT molecular complexity index is 939. The number of aryl methyl sites for hydroxylation is 3. The van der Waals surface area contributed by atoms with Gasteiger partial charge in [0.1, 0.15) is 6.33 Å². The summed E-state index contributed by atoms with van der Waals surface area (Å²) in [5.41, 5.74) is 5.46. The van der Waals surface area contributed by atoms with Crippen LogP contribution in [0.1, 0.15) is 23.2 Å². The van der Waals surface area contributed by atoms with Gasteiger partial charge < -0.3 is 9.88 Å². The van der Waals surface area contributed by atoms with Gasteiger partial charge in [-0.05, 0) is 37.3 Å². The molecule has 7 nitrogen and oxygen atoms in total.